The van der Waals surface area contributed by atoms with E-state index in [0.29, 0.717) is 16.7 Å². The average Bonchev–Trinajstić information content (AvgIpc) is 3.09. The van der Waals surface area contributed by atoms with Gasteiger partial charge in [-0.05, 0) is 36.1 Å². The standard InChI is InChI=1S/C22H20F2N4O5/c1-27-19(31)9-6-16(26-27)22(23,24)17(29)7-3-12-2-4-14-13(10-12)11-28(21(14)33)15-5-8-18(30)25-20(15)32/h2,4,6,9-10,15H,3,5,7-8,11H2,1H3,(H,25,30,32). The van der Waals surface area contributed by atoms with Gasteiger partial charge in [-0.15, -0.1) is 0 Å². The van der Waals surface area contributed by atoms with Gasteiger partial charge in [-0.3, -0.25) is 29.3 Å². The number of nitrogens with zero attached hydrogens (tertiary/aromatic N) is 3. The Balaban J connectivity index is 1.44. The summed E-state index contributed by atoms with van der Waals surface area (Å²) >= 11 is 0. The van der Waals surface area contributed by atoms with Crippen LogP contribution in [-0.4, -0.2) is 44.2 Å². The third-order valence-corrected chi connectivity index (χ3v) is 5.86. The van der Waals surface area contributed by atoms with E-state index in [9.17, 15) is 32.8 Å². The molecule has 11 heteroatoms. The number of hydrogen-bond donors (Lipinski definition) is 1. The number of hydrogen-bond acceptors (Lipinski definition) is 6. The Hall–Kier alpha value is -3.76. The fourth-order valence-electron chi connectivity index (χ4n) is 4.01. The largest absolute Gasteiger partial charge is 0.348 e. The maximum absolute atomic E-state index is 14.5. The topological polar surface area (TPSA) is 118 Å². The van der Waals surface area contributed by atoms with Gasteiger partial charge in [0.05, 0.1) is 0 Å². The van der Waals surface area contributed by atoms with E-state index in [0.717, 1.165) is 16.8 Å². The van der Waals surface area contributed by atoms with E-state index >= 15 is 0 Å². The molecule has 0 bridgehead atoms. The molecule has 2 aliphatic heterocycles. The SMILES string of the molecule is Cn1nc(C(F)(F)C(=O)CCc2ccc3c(c2)CN(C2CCC(=O)NC2=O)C3=O)ccc1=O. The van der Waals surface area contributed by atoms with Gasteiger partial charge in [-0.2, -0.15) is 13.9 Å². The molecule has 2 aromatic rings. The van der Waals surface area contributed by atoms with Crippen molar-refractivity contribution in [3.8, 4) is 0 Å². The molecule has 1 aromatic heterocycles. The monoisotopic (exact) mass is 458 g/mol. The van der Waals surface area contributed by atoms with Crippen molar-refractivity contribution in [2.75, 3.05) is 0 Å². The molecule has 0 aliphatic carbocycles. The zero-order valence-corrected chi connectivity index (χ0v) is 17.6. The summed E-state index contributed by atoms with van der Waals surface area (Å²) in [6.45, 7) is 0.153. The summed E-state index contributed by atoms with van der Waals surface area (Å²) in [6.07, 6.45) is -0.0797. The van der Waals surface area contributed by atoms with Crippen LogP contribution in [0.5, 0.6) is 0 Å². The van der Waals surface area contributed by atoms with Gasteiger partial charge in [-0.1, -0.05) is 12.1 Å². The molecular weight excluding hydrogens is 438 g/mol. The number of carbonyl (C=O) groups is 4. The minimum Gasteiger partial charge on any atom is -0.322 e. The number of carbonyl (C=O) groups excluding carboxylic acids is 4. The molecule has 33 heavy (non-hydrogen) atoms. The molecule has 0 spiro atoms. The summed E-state index contributed by atoms with van der Waals surface area (Å²) in [7, 11) is 1.22. The highest BCUT2D eigenvalue weighted by molar-refractivity contribution is 6.05. The molecule has 1 N–H and O–H groups in total. The van der Waals surface area contributed by atoms with Crippen molar-refractivity contribution in [1.82, 2.24) is 20.0 Å². The number of amides is 3. The smallest absolute Gasteiger partial charge is 0.322 e. The van der Waals surface area contributed by atoms with Gasteiger partial charge in [0, 0.05) is 38.1 Å². The number of halogens is 2. The first-order valence-corrected chi connectivity index (χ1v) is 10.3. The normalized spacial score (nSPS) is 18.3. The zero-order chi connectivity index (χ0) is 23.9. The average molecular weight is 458 g/mol. The van der Waals surface area contributed by atoms with Crippen LogP contribution >= 0.6 is 0 Å². The van der Waals surface area contributed by atoms with Crippen LogP contribution in [0.4, 0.5) is 8.78 Å². The molecule has 172 valence electrons. The van der Waals surface area contributed by atoms with E-state index in [2.05, 4.69) is 10.4 Å². The van der Waals surface area contributed by atoms with Gasteiger partial charge in [0.1, 0.15) is 11.7 Å². The summed E-state index contributed by atoms with van der Waals surface area (Å²) in [4.78, 5) is 61.2. The minimum absolute atomic E-state index is 0.0140. The highest BCUT2D eigenvalue weighted by Crippen LogP contribution is 2.31. The summed E-state index contributed by atoms with van der Waals surface area (Å²) in [5.74, 6) is -6.42. The lowest BCUT2D eigenvalue weighted by atomic mass is 9.99. The predicted molar refractivity (Wildman–Crippen MR) is 109 cm³/mol. The lowest BCUT2D eigenvalue weighted by Crippen LogP contribution is -2.52. The molecule has 0 saturated carbocycles. The highest BCUT2D eigenvalue weighted by atomic mass is 19.3. The first kappa shape index (κ1) is 22.4. The van der Waals surface area contributed by atoms with E-state index in [4.69, 9.17) is 0 Å². The second kappa shape index (κ2) is 8.30. The maximum atomic E-state index is 14.5. The van der Waals surface area contributed by atoms with Crippen molar-refractivity contribution in [2.24, 2.45) is 7.05 Å². The van der Waals surface area contributed by atoms with Crippen LogP contribution in [0.1, 0.15) is 46.4 Å². The van der Waals surface area contributed by atoms with Crippen LogP contribution in [0.25, 0.3) is 0 Å². The molecule has 3 heterocycles. The number of piperidine rings is 1. The zero-order valence-electron chi connectivity index (χ0n) is 17.6. The van der Waals surface area contributed by atoms with Crippen LogP contribution in [0.3, 0.4) is 0 Å². The van der Waals surface area contributed by atoms with Crippen LogP contribution in [0.15, 0.2) is 35.1 Å². The van der Waals surface area contributed by atoms with Gasteiger partial charge >= 0.3 is 5.92 Å². The summed E-state index contributed by atoms with van der Waals surface area (Å²) in [5, 5.41) is 5.70. The minimum atomic E-state index is -3.85. The number of ketones is 1. The quantitative estimate of drug-likeness (QED) is 0.641. The number of rotatable bonds is 6. The van der Waals surface area contributed by atoms with Crippen molar-refractivity contribution in [1.29, 1.82) is 0 Å². The molecular formula is C22H20F2N4O5. The number of benzene rings is 1. The fraction of sp³-hybridized carbons (Fsp3) is 0.364. The number of imide groups is 1. The van der Waals surface area contributed by atoms with Crippen LogP contribution < -0.4 is 10.9 Å². The van der Waals surface area contributed by atoms with Crippen LogP contribution in [0, 0.1) is 0 Å². The van der Waals surface area contributed by atoms with E-state index in [1.165, 1.54) is 11.9 Å². The second-order valence-electron chi connectivity index (χ2n) is 8.07. The molecule has 0 radical (unpaired) electrons. The molecule has 1 aromatic carbocycles. The molecule has 3 amide bonds. The van der Waals surface area contributed by atoms with Crippen molar-refractivity contribution < 1.29 is 28.0 Å². The fourth-order valence-corrected chi connectivity index (χ4v) is 4.01. The van der Waals surface area contributed by atoms with Gasteiger partial charge in [0.25, 0.3) is 11.5 Å². The molecule has 1 unspecified atom stereocenters. The lowest BCUT2D eigenvalue weighted by Gasteiger charge is -2.29. The van der Waals surface area contributed by atoms with E-state index in [1.807, 2.05) is 0 Å². The number of aryl methyl sites for hydroxylation is 2. The van der Waals surface area contributed by atoms with E-state index < -0.39 is 41.3 Å². The van der Waals surface area contributed by atoms with Crippen LogP contribution in [-0.2, 0) is 40.3 Å². The molecule has 9 nitrogen and oxygen atoms in total. The molecule has 2 aliphatic rings. The Kier molecular flexibility index (Phi) is 5.64. The Labute approximate surface area is 186 Å². The summed E-state index contributed by atoms with van der Waals surface area (Å²) in [5.41, 5.74) is 0.245. The van der Waals surface area contributed by atoms with Gasteiger partial charge in [0.2, 0.25) is 17.6 Å². The molecule has 1 fully saturated rings. The number of alkyl halides is 2. The van der Waals surface area contributed by atoms with Crippen molar-refractivity contribution in [3.05, 3.63) is 63.1 Å². The Morgan fingerprint density at radius 1 is 1.18 bits per heavy atom. The number of fused-ring (bicyclic) bond motifs is 1. The molecule has 4 rings (SSSR count). The number of nitrogens with one attached hydrogen (secondary N) is 1. The Morgan fingerprint density at radius 2 is 1.94 bits per heavy atom. The summed E-state index contributed by atoms with van der Waals surface area (Å²) < 4.78 is 29.8. The maximum Gasteiger partial charge on any atom is 0.348 e. The molecule has 1 atom stereocenters. The summed E-state index contributed by atoms with van der Waals surface area (Å²) in [6, 6.07) is 5.81. The number of aromatic nitrogens is 2. The van der Waals surface area contributed by atoms with Crippen molar-refractivity contribution in [3.63, 3.8) is 0 Å². The van der Waals surface area contributed by atoms with Crippen molar-refractivity contribution in [2.45, 2.75) is 44.2 Å². The van der Waals surface area contributed by atoms with Gasteiger partial charge in [-0.25, -0.2) is 4.68 Å². The van der Waals surface area contributed by atoms with Crippen LogP contribution in [0.2, 0.25) is 0 Å². The molecule has 1 saturated heterocycles. The first-order chi connectivity index (χ1) is 15.6. The van der Waals surface area contributed by atoms with Gasteiger partial charge < -0.3 is 4.90 Å². The third kappa shape index (κ3) is 4.18. The predicted octanol–water partition coefficient (Wildman–Crippen LogP) is 0.835. The lowest BCUT2D eigenvalue weighted by molar-refractivity contribution is -0.145. The Morgan fingerprint density at radius 3 is 2.64 bits per heavy atom. The highest BCUT2D eigenvalue weighted by Gasteiger charge is 2.42. The van der Waals surface area contributed by atoms with Gasteiger partial charge in [0.15, 0.2) is 0 Å². The van der Waals surface area contributed by atoms with Crippen molar-refractivity contribution >= 4 is 23.5 Å². The van der Waals surface area contributed by atoms with E-state index in [1.54, 1.807) is 18.2 Å². The third-order valence-electron chi connectivity index (χ3n) is 5.86. The number of Topliss-reactive ketones (excluding diaryl/α,β-unsaturated/α-hetero) is 1. The Bertz CT molecular complexity index is 1240. The second-order valence-corrected chi connectivity index (χ2v) is 8.07. The van der Waals surface area contributed by atoms with E-state index in [-0.39, 0.29) is 37.6 Å². The first-order valence-electron chi connectivity index (χ1n) is 10.3.